The van der Waals surface area contributed by atoms with E-state index in [2.05, 4.69) is 20.3 Å². The number of rotatable bonds is 8. The van der Waals surface area contributed by atoms with Gasteiger partial charge < -0.3 is 10.1 Å². The highest BCUT2D eigenvalue weighted by atomic mass is 35.5. The molecule has 0 spiro atoms. The maximum absolute atomic E-state index is 14.2. The van der Waals surface area contributed by atoms with Gasteiger partial charge >= 0.3 is 0 Å². The predicted molar refractivity (Wildman–Crippen MR) is 126 cm³/mol. The molecule has 0 bridgehead atoms. The molecule has 3 aromatic rings. The summed E-state index contributed by atoms with van der Waals surface area (Å²) < 4.78 is 47.3. The maximum atomic E-state index is 14.2. The molecule has 2 aromatic heterocycles. The van der Waals surface area contributed by atoms with Crippen LogP contribution in [0, 0.1) is 17.1 Å². The molecule has 4 rings (SSSR count). The lowest BCUT2D eigenvalue weighted by Gasteiger charge is -2.37. The Bertz CT molecular complexity index is 1240. The van der Waals surface area contributed by atoms with Crippen LogP contribution in [0.5, 0.6) is 5.88 Å². The van der Waals surface area contributed by atoms with Gasteiger partial charge in [0.1, 0.15) is 23.7 Å². The average Bonchev–Trinajstić information content (AvgIpc) is 3.35. The van der Waals surface area contributed by atoms with E-state index in [0.29, 0.717) is 30.8 Å². The fraction of sp³-hybridized carbons (Fsp3) is 0.348. The second-order valence-electron chi connectivity index (χ2n) is 7.90. The number of carbonyl (C=O) groups is 1. The number of aromatic nitrogens is 3. The molecular weight excluding hydrogens is 517 g/mol. The Hall–Kier alpha value is -3.27. The highest BCUT2D eigenvalue weighted by Crippen LogP contribution is 2.35. The van der Waals surface area contributed by atoms with Gasteiger partial charge in [-0.15, -0.1) is 11.3 Å². The SMILES string of the molecule is N#Cc1nccnc1OC1CCN(C(CNC(=O)c2c(F)cccc2Cl)c2scnc2C(F)F)CC1. The second kappa shape index (κ2) is 11.6. The van der Waals surface area contributed by atoms with Crippen LogP contribution in [-0.4, -0.2) is 51.5 Å². The number of likely N-dealkylation sites (tertiary alicyclic amines) is 1. The predicted octanol–water partition coefficient (Wildman–Crippen LogP) is 4.55. The van der Waals surface area contributed by atoms with E-state index in [9.17, 15) is 23.2 Å². The molecule has 1 unspecified atom stereocenters. The summed E-state index contributed by atoms with van der Waals surface area (Å²) in [6, 6.07) is 5.22. The molecule has 1 aliphatic heterocycles. The number of carbonyl (C=O) groups excluding carboxylic acids is 1. The van der Waals surface area contributed by atoms with Crippen LogP contribution < -0.4 is 10.1 Å². The Kier molecular flexibility index (Phi) is 8.35. The van der Waals surface area contributed by atoms with Crippen LogP contribution in [0.4, 0.5) is 13.2 Å². The highest BCUT2D eigenvalue weighted by Gasteiger charge is 2.32. The number of nitrogens with zero attached hydrogens (tertiary/aromatic N) is 5. The molecule has 13 heteroatoms. The Balaban J connectivity index is 1.49. The van der Waals surface area contributed by atoms with Crippen molar-refractivity contribution in [2.75, 3.05) is 19.6 Å². The number of ether oxygens (including phenoxy) is 1. The van der Waals surface area contributed by atoms with E-state index in [1.807, 2.05) is 11.0 Å². The molecule has 1 aromatic carbocycles. The molecule has 36 heavy (non-hydrogen) atoms. The van der Waals surface area contributed by atoms with Gasteiger partial charge in [0.05, 0.1) is 27.0 Å². The van der Waals surface area contributed by atoms with Crippen molar-refractivity contribution in [3.05, 3.63) is 68.8 Å². The van der Waals surface area contributed by atoms with Gasteiger partial charge in [0, 0.05) is 32.0 Å². The summed E-state index contributed by atoms with van der Waals surface area (Å²) in [4.78, 5) is 26.8. The Morgan fingerprint density at radius 2 is 2.03 bits per heavy atom. The zero-order valence-corrected chi connectivity index (χ0v) is 20.3. The van der Waals surface area contributed by atoms with Crippen molar-refractivity contribution < 1.29 is 22.7 Å². The van der Waals surface area contributed by atoms with E-state index in [1.165, 1.54) is 30.0 Å². The van der Waals surface area contributed by atoms with Gasteiger partial charge in [0.15, 0.2) is 0 Å². The summed E-state index contributed by atoms with van der Waals surface area (Å²) in [7, 11) is 0. The molecule has 0 radical (unpaired) electrons. The van der Waals surface area contributed by atoms with Crippen LogP contribution in [0.3, 0.4) is 0 Å². The van der Waals surface area contributed by atoms with Crippen molar-refractivity contribution in [1.29, 1.82) is 5.26 Å². The first-order valence-corrected chi connectivity index (χ1v) is 12.2. The van der Waals surface area contributed by atoms with Gasteiger partial charge in [0.2, 0.25) is 5.69 Å². The molecule has 0 aliphatic carbocycles. The zero-order chi connectivity index (χ0) is 25.7. The first-order chi connectivity index (χ1) is 17.4. The summed E-state index contributed by atoms with van der Waals surface area (Å²) >= 11 is 7.07. The molecule has 1 N–H and O–H groups in total. The van der Waals surface area contributed by atoms with Crippen molar-refractivity contribution >= 4 is 28.8 Å². The van der Waals surface area contributed by atoms with Gasteiger partial charge in [-0.25, -0.2) is 28.1 Å². The molecule has 3 heterocycles. The minimum atomic E-state index is -2.78. The lowest BCUT2D eigenvalue weighted by Crippen LogP contribution is -2.44. The van der Waals surface area contributed by atoms with Crippen molar-refractivity contribution in [2.45, 2.75) is 31.4 Å². The summed E-state index contributed by atoms with van der Waals surface area (Å²) in [6.45, 7) is 0.850. The second-order valence-corrected chi connectivity index (χ2v) is 9.19. The number of piperidine rings is 1. The van der Waals surface area contributed by atoms with Gasteiger partial charge in [-0.05, 0) is 25.0 Å². The molecule has 8 nitrogen and oxygen atoms in total. The van der Waals surface area contributed by atoms with E-state index >= 15 is 0 Å². The van der Waals surface area contributed by atoms with Crippen molar-refractivity contribution in [1.82, 2.24) is 25.2 Å². The quantitative estimate of drug-likeness (QED) is 0.450. The van der Waals surface area contributed by atoms with Crippen molar-refractivity contribution in [3.8, 4) is 11.9 Å². The van der Waals surface area contributed by atoms with Crippen LogP contribution in [0.2, 0.25) is 5.02 Å². The fourth-order valence-electron chi connectivity index (χ4n) is 4.01. The summed E-state index contributed by atoms with van der Waals surface area (Å²) in [6.07, 6.45) is 0.834. The normalized spacial score (nSPS) is 15.4. The topological polar surface area (TPSA) is 104 Å². The molecule has 1 atom stereocenters. The van der Waals surface area contributed by atoms with Crippen LogP contribution in [0.1, 0.15) is 51.9 Å². The zero-order valence-electron chi connectivity index (χ0n) is 18.7. The number of alkyl halides is 2. The summed E-state index contributed by atoms with van der Waals surface area (Å²) in [5.74, 6) is -1.37. The van der Waals surface area contributed by atoms with Crippen molar-refractivity contribution in [2.24, 2.45) is 0 Å². The third-order valence-corrected chi connectivity index (χ3v) is 7.01. The molecule has 0 saturated carbocycles. The number of halogens is 4. The third-order valence-electron chi connectivity index (χ3n) is 5.75. The number of benzene rings is 1. The smallest absolute Gasteiger partial charge is 0.281 e. The summed E-state index contributed by atoms with van der Waals surface area (Å²) in [5, 5.41) is 11.8. The first kappa shape index (κ1) is 25.8. The fourth-order valence-corrected chi connectivity index (χ4v) is 5.19. The number of hydrogen-bond donors (Lipinski definition) is 1. The van der Waals surface area contributed by atoms with E-state index in [-0.39, 0.29) is 40.5 Å². The molecule has 1 fully saturated rings. The Morgan fingerprint density at radius 3 is 2.72 bits per heavy atom. The van der Waals surface area contributed by atoms with Crippen LogP contribution in [0.15, 0.2) is 36.1 Å². The van der Waals surface area contributed by atoms with E-state index < -0.39 is 24.2 Å². The Morgan fingerprint density at radius 1 is 1.28 bits per heavy atom. The number of nitrogens with one attached hydrogen (secondary N) is 1. The van der Waals surface area contributed by atoms with E-state index in [0.717, 1.165) is 17.4 Å². The number of thiazole rings is 1. The lowest BCUT2D eigenvalue weighted by atomic mass is 10.0. The number of amides is 1. The number of hydrogen-bond acceptors (Lipinski definition) is 8. The number of nitriles is 1. The maximum Gasteiger partial charge on any atom is 0.281 e. The highest BCUT2D eigenvalue weighted by molar-refractivity contribution is 7.09. The van der Waals surface area contributed by atoms with Crippen LogP contribution >= 0.6 is 22.9 Å². The van der Waals surface area contributed by atoms with Crippen molar-refractivity contribution in [3.63, 3.8) is 0 Å². The molecule has 1 aliphatic rings. The molecule has 188 valence electrons. The largest absolute Gasteiger partial charge is 0.472 e. The molecular formula is C23H20ClF3N6O2S. The van der Waals surface area contributed by atoms with Crippen LogP contribution in [0.25, 0.3) is 0 Å². The molecule has 1 amide bonds. The summed E-state index contributed by atoms with van der Waals surface area (Å²) in [5.41, 5.74) is 0.770. The third kappa shape index (κ3) is 5.75. The Labute approximate surface area is 213 Å². The lowest BCUT2D eigenvalue weighted by molar-refractivity contribution is 0.0677. The first-order valence-electron chi connectivity index (χ1n) is 10.9. The standard InChI is InChI=1S/C23H20ClF3N6O2S/c24-14-2-1-3-15(25)18(14)22(34)31-11-17(20-19(21(26)27)32-12-36-20)33-8-4-13(5-9-33)35-23-16(10-28)29-6-7-30-23/h1-3,6-7,12-13,17,21H,4-5,8-9,11H2,(H,31,34). The van der Waals surface area contributed by atoms with Crippen LogP contribution in [-0.2, 0) is 0 Å². The monoisotopic (exact) mass is 536 g/mol. The van der Waals surface area contributed by atoms with E-state index in [4.69, 9.17) is 16.3 Å². The van der Waals surface area contributed by atoms with Gasteiger partial charge in [-0.3, -0.25) is 9.69 Å². The van der Waals surface area contributed by atoms with Gasteiger partial charge in [0.25, 0.3) is 18.2 Å². The average molecular weight is 537 g/mol. The van der Waals surface area contributed by atoms with E-state index in [1.54, 1.807) is 0 Å². The molecule has 1 saturated heterocycles. The minimum Gasteiger partial charge on any atom is -0.472 e. The van der Waals surface area contributed by atoms with Gasteiger partial charge in [-0.2, -0.15) is 5.26 Å². The minimum absolute atomic E-state index is 0.0474. The van der Waals surface area contributed by atoms with Gasteiger partial charge in [-0.1, -0.05) is 17.7 Å².